The average molecular weight is 269 g/mol. The Morgan fingerprint density at radius 2 is 1.74 bits per heavy atom. The quantitative estimate of drug-likeness (QED) is 0.712. The van der Waals surface area contributed by atoms with Gasteiger partial charge >= 0.3 is 0 Å². The van der Waals surface area contributed by atoms with Crippen molar-refractivity contribution >= 4 is 34.0 Å². The maximum atomic E-state index is 6.14. The summed E-state index contributed by atoms with van der Waals surface area (Å²) in [6, 6.07) is 17.8. The van der Waals surface area contributed by atoms with Crippen molar-refractivity contribution < 1.29 is 0 Å². The third kappa shape index (κ3) is 2.40. The van der Waals surface area contributed by atoms with E-state index in [1.54, 1.807) is 0 Å². The van der Waals surface area contributed by atoms with E-state index in [2.05, 4.69) is 23.3 Å². The van der Waals surface area contributed by atoms with Crippen LogP contribution >= 0.6 is 11.6 Å². The predicted octanol–water partition coefficient (Wildman–Crippen LogP) is 4.94. The van der Waals surface area contributed by atoms with Crippen LogP contribution in [0.15, 0.2) is 54.6 Å². The summed E-state index contributed by atoms with van der Waals surface area (Å²) >= 11 is 6.14. The van der Waals surface area contributed by atoms with E-state index in [1.807, 2.05) is 48.5 Å². The van der Waals surface area contributed by atoms with Gasteiger partial charge in [-0.1, -0.05) is 41.9 Å². The summed E-state index contributed by atoms with van der Waals surface area (Å²) in [5.41, 5.74) is 3.04. The van der Waals surface area contributed by atoms with Gasteiger partial charge in [0.2, 0.25) is 0 Å². The van der Waals surface area contributed by atoms with Crippen LogP contribution in [-0.2, 0) is 0 Å². The normalized spacial score (nSPS) is 10.6. The summed E-state index contributed by atoms with van der Waals surface area (Å²) in [4.78, 5) is 4.60. The minimum absolute atomic E-state index is 0.690. The number of para-hydroxylation sites is 2. The lowest BCUT2D eigenvalue weighted by atomic mass is 10.1. The molecule has 3 aromatic rings. The van der Waals surface area contributed by atoms with E-state index in [9.17, 15) is 0 Å². The van der Waals surface area contributed by atoms with Crippen molar-refractivity contribution in [2.24, 2.45) is 0 Å². The lowest BCUT2D eigenvalue weighted by Crippen LogP contribution is -1.95. The first kappa shape index (κ1) is 12.0. The van der Waals surface area contributed by atoms with Crippen molar-refractivity contribution in [3.63, 3.8) is 0 Å². The molecule has 0 saturated heterocycles. The van der Waals surface area contributed by atoms with E-state index < -0.39 is 0 Å². The van der Waals surface area contributed by atoms with Crippen molar-refractivity contribution in [1.82, 2.24) is 4.98 Å². The van der Waals surface area contributed by atoms with Crippen LogP contribution in [0.4, 0.5) is 11.5 Å². The molecule has 94 valence electrons. The Kier molecular flexibility index (Phi) is 3.10. The van der Waals surface area contributed by atoms with Gasteiger partial charge < -0.3 is 5.32 Å². The van der Waals surface area contributed by atoms with E-state index in [1.165, 1.54) is 10.9 Å². The lowest BCUT2D eigenvalue weighted by molar-refractivity contribution is 1.34. The van der Waals surface area contributed by atoms with Crippen LogP contribution in [0, 0.1) is 6.92 Å². The van der Waals surface area contributed by atoms with E-state index >= 15 is 0 Å². The van der Waals surface area contributed by atoms with Crippen LogP contribution in [0.25, 0.3) is 10.9 Å². The number of aryl methyl sites for hydroxylation is 1. The summed E-state index contributed by atoms with van der Waals surface area (Å²) in [6.45, 7) is 2.09. The van der Waals surface area contributed by atoms with Gasteiger partial charge in [-0.2, -0.15) is 0 Å². The monoisotopic (exact) mass is 268 g/mol. The maximum Gasteiger partial charge on any atom is 0.131 e. The van der Waals surface area contributed by atoms with Crippen molar-refractivity contribution in [1.29, 1.82) is 0 Å². The topological polar surface area (TPSA) is 24.9 Å². The minimum Gasteiger partial charge on any atom is -0.339 e. The molecule has 1 aromatic heterocycles. The fourth-order valence-electron chi connectivity index (χ4n) is 2.11. The Morgan fingerprint density at radius 3 is 2.58 bits per heavy atom. The number of rotatable bonds is 2. The first-order valence-corrected chi connectivity index (χ1v) is 6.50. The predicted molar refractivity (Wildman–Crippen MR) is 81.2 cm³/mol. The summed E-state index contributed by atoms with van der Waals surface area (Å²) < 4.78 is 0. The van der Waals surface area contributed by atoms with Gasteiger partial charge in [0, 0.05) is 5.39 Å². The van der Waals surface area contributed by atoms with Crippen LogP contribution in [0.2, 0.25) is 5.02 Å². The number of hydrogen-bond donors (Lipinski definition) is 1. The number of fused-ring (bicyclic) bond motifs is 1. The summed E-state index contributed by atoms with van der Waals surface area (Å²) in [5, 5.41) is 5.13. The van der Waals surface area contributed by atoms with Gasteiger partial charge in [-0.15, -0.1) is 0 Å². The highest BCUT2D eigenvalue weighted by atomic mass is 35.5. The highest BCUT2D eigenvalue weighted by Crippen LogP contribution is 2.26. The second-order valence-corrected chi connectivity index (χ2v) is 4.85. The molecule has 0 spiro atoms. The van der Waals surface area contributed by atoms with Gasteiger partial charge in [-0.05, 0) is 36.8 Å². The van der Waals surface area contributed by atoms with Crippen LogP contribution in [0.5, 0.6) is 0 Å². The molecule has 0 saturated carbocycles. The fraction of sp³-hybridized carbons (Fsp3) is 0.0625. The van der Waals surface area contributed by atoms with Gasteiger partial charge in [0.1, 0.15) is 5.82 Å². The molecule has 0 aliphatic rings. The Hall–Kier alpha value is -2.06. The van der Waals surface area contributed by atoms with Crippen LogP contribution in [-0.4, -0.2) is 4.98 Å². The average Bonchev–Trinajstić information content (AvgIpc) is 2.42. The van der Waals surface area contributed by atoms with Crippen molar-refractivity contribution in [2.75, 3.05) is 5.32 Å². The molecule has 2 aromatic carbocycles. The third-order valence-corrected chi connectivity index (χ3v) is 3.39. The van der Waals surface area contributed by atoms with Crippen LogP contribution in [0.1, 0.15) is 5.56 Å². The number of anilines is 2. The van der Waals surface area contributed by atoms with Gasteiger partial charge in [0.15, 0.2) is 0 Å². The number of nitrogens with zero attached hydrogens (tertiary/aromatic N) is 1. The third-order valence-electron chi connectivity index (χ3n) is 3.06. The molecular formula is C16H13ClN2. The van der Waals surface area contributed by atoms with Crippen LogP contribution in [0.3, 0.4) is 0 Å². The number of hydrogen-bond acceptors (Lipinski definition) is 2. The zero-order chi connectivity index (χ0) is 13.2. The summed E-state index contributed by atoms with van der Waals surface area (Å²) in [6.07, 6.45) is 0. The molecule has 3 rings (SSSR count). The second kappa shape index (κ2) is 4.90. The zero-order valence-electron chi connectivity index (χ0n) is 10.5. The molecule has 1 N–H and O–H groups in total. The Bertz CT molecular complexity index is 738. The van der Waals surface area contributed by atoms with Gasteiger partial charge in [-0.25, -0.2) is 4.98 Å². The molecule has 0 bridgehead atoms. The molecule has 0 atom stereocenters. The number of nitrogens with one attached hydrogen (secondary N) is 1. The maximum absolute atomic E-state index is 6.14. The molecule has 0 unspecified atom stereocenters. The lowest BCUT2D eigenvalue weighted by Gasteiger charge is -2.10. The Labute approximate surface area is 117 Å². The van der Waals surface area contributed by atoms with Crippen molar-refractivity contribution in [3.8, 4) is 0 Å². The number of pyridine rings is 1. The van der Waals surface area contributed by atoms with Crippen molar-refractivity contribution in [2.45, 2.75) is 6.92 Å². The van der Waals surface area contributed by atoms with E-state index in [-0.39, 0.29) is 0 Å². The largest absolute Gasteiger partial charge is 0.339 e. The molecule has 0 aliphatic carbocycles. The summed E-state index contributed by atoms with van der Waals surface area (Å²) in [5.74, 6) is 0.810. The number of aromatic nitrogens is 1. The first-order chi connectivity index (χ1) is 9.24. The molecule has 1 heterocycles. The molecule has 0 aliphatic heterocycles. The molecular weight excluding hydrogens is 256 g/mol. The molecule has 3 heteroatoms. The fourth-order valence-corrected chi connectivity index (χ4v) is 2.30. The Balaban J connectivity index is 2.04. The number of halogens is 1. The van der Waals surface area contributed by atoms with Gasteiger partial charge in [0.25, 0.3) is 0 Å². The smallest absolute Gasteiger partial charge is 0.131 e. The SMILES string of the molecule is Cc1cc(Nc2ccccc2Cl)nc2ccccc12. The standard InChI is InChI=1S/C16H13ClN2/c1-11-10-16(18-14-8-4-2-6-12(11)14)19-15-9-5-3-7-13(15)17/h2-10H,1H3,(H,18,19). The van der Waals surface area contributed by atoms with Crippen LogP contribution < -0.4 is 5.32 Å². The molecule has 0 radical (unpaired) electrons. The summed E-state index contributed by atoms with van der Waals surface area (Å²) in [7, 11) is 0. The minimum atomic E-state index is 0.690. The van der Waals surface area contributed by atoms with E-state index in [0.29, 0.717) is 5.02 Å². The number of benzene rings is 2. The van der Waals surface area contributed by atoms with E-state index in [4.69, 9.17) is 11.6 Å². The van der Waals surface area contributed by atoms with Crippen molar-refractivity contribution in [3.05, 3.63) is 65.2 Å². The highest BCUT2D eigenvalue weighted by molar-refractivity contribution is 6.33. The molecule has 0 fully saturated rings. The first-order valence-electron chi connectivity index (χ1n) is 6.12. The zero-order valence-corrected chi connectivity index (χ0v) is 11.3. The molecule has 19 heavy (non-hydrogen) atoms. The highest BCUT2D eigenvalue weighted by Gasteiger charge is 2.04. The second-order valence-electron chi connectivity index (χ2n) is 4.45. The molecule has 2 nitrogen and oxygen atoms in total. The Morgan fingerprint density at radius 1 is 1.00 bits per heavy atom. The molecule has 0 amide bonds. The van der Waals surface area contributed by atoms with Gasteiger partial charge in [-0.3, -0.25) is 0 Å². The van der Waals surface area contributed by atoms with E-state index in [0.717, 1.165) is 17.0 Å². The van der Waals surface area contributed by atoms with Gasteiger partial charge in [0.05, 0.1) is 16.2 Å².